The number of hydrogen-bond donors (Lipinski definition) is 0. The molecule has 0 aliphatic heterocycles. The van der Waals surface area contributed by atoms with Crippen molar-refractivity contribution in [1.82, 2.24) is 0 Å². The fourth-order valence-electron chi connectivity index (χ4n) is 1.14. The standard InChI is InChI=1S/C15H20O.2C2H6.C2H4/c1-6-9-13(7-2)15(16)14(8-3)11-10-12(4)5;3*1-2/h6-11H,3H2,1-2,4-5H3;2*1-2H3;1-2H2/b9-6-,13-7+,14-11+;;;. The van der Waals surface area contributed by atoms with E-state index >= 15 is 0 Å². The van der Waals surface area contributed by atoms with Gasteiger partial charge in [0, 0.05) is 11.1 Å². The van der Waals surface area contributed by atoms with E-state index in [0.29, 0.717) is 11.1 Å². The summed E-state index contributed by atoms with van der Waals surface area (Å²) in [6.07, 6.45) is 10.8. The molecule has 0 bridgehead atoms. The van der Waals surface area contributed by atoms with Gasteiger partial charge in [0.25, 0.3) is 0 Å². The molecule has 0 rings (SSSR count). The SMILES string of the molecule is C=C.C=C/C(=C\C=C(C)C)C(=O)C(/C=C\C)=C/C.CC.CC. The summed E-state index contributed by atoms with van der Waals surface area (Å²) < 4.78 is 0. The quantitative estimate of drug-likeness (QED) is 0.303. The van der Waals surface area contributed by atoms with Gasteiger partial charge in [0.05, 0.1) is 0 Å². The molecule has 0 aromatic rings. The molecule has 1 nitrogen and oxygen atoms in total. The minimum absolute atomic E-state index is 0.00750. The van der Waals surface area contributed by atoms with Crippen LogP contribution in [-0.4, -0.2) is 5.78 Å². The van der Waals surface area contributed by atoms with Crippen LogP contribution in [-0.2, 0) is 4.79 Å². The van der Waals surface area contributed by atoms with Crippen LogP contribution in [0, 0.1) is 0 Å². The van der Waals surface area contributed by atoms with Crippen LogP contribution in [0.15, 0.2) is 72.9 Å². The molecule has 0 aliphatic rings. The zero-order chi connectivity index (χ0) is 18.6. The predicted molar refractivity (Wildman–Crippen MR) is 105 cm³/mol. The second-order valence-electron chi connectivity index (χ2n) is 3.64. The summed E-state index contributed by atoms with van der Waals surface area (Å²) in [6.45, 7) is 25.4. The molecule has 0 amide bonds. The maximum atomic E-state index is 12.0. The topological polar surface area (TPSA) is 17.1 Å². The molecule has 22 heavy (non-hydrogen) atoms. The van der Waals surface area contributed by atoms with E-state index in [4.69, 9.17) is 0 Å². The third-order valence-electron chi connectivity index (χ3n) is 2.00. The fraction of sp³-hybridized carbons (Fsp3) is 0.381. The van der Waals surface area contributed by atoms with Gasteiger partial charge in [0.1, 0.15) is 0 Å². The van der Waals surface area contributed by atoms with E-state index in [1.54, 1.807) is 12.2 Å². The van der Waals surface area contributed by atoms with Crippen LogP contribution in [0.5, 0.6) is 0 Å². The van der Waals surface area contributed by atoms with Gasteiger partial charge in [0.15, 0.2) is 5.78 Å². The van der Waals surface area contributed by atoms with Gasteiger partial charge in [-0.15, -0.1) is 13.2 Å². The van der Waals surface area contributed by atoms with E-state index in [2.05, 4.69) is 19.7 Å². The van der Waals surface area contributed by atoms with Crippen LogP contribution >= 0.6 is 0 Å². The molecule has 1 heteroatoms. The zero-order valence-electron chi connectivity index (χ0n) is 16.0. The van der Waals surface area contributed by atoms with Crippen LogP contribution in [0.3, 0.4) is 0 Å². The summed E-state index contributed by atoms with van der Waals surface area (Å²) in [5.41, 5.74) is 2.46. The molecule has 0 saturated carbocycles. The highest BCUT2D eigenvalue weighted by molar-refractivity contribution is 6.11. The van der Waals surface area contributed by atoms with Gasteiger partial charge in [-0.2, -0.15) is 0 Å². The highest BCUT2D eigenvalue weighted by Crippen LogP contribution is 2.10. The molecule has 0 spiro atoms. The Labute approximate surface area is 139 Å². The molecule has 0 aliphatic carbocycles. The van der Waals surface area contributed by atoms with Gasteiger partial charge in [-0.05, 0) is 27.7 Å². The number of hydrogen-bond acceptors (Lipinski definition) is 1. The number of ketones is 1. The Bertz CT molecular complexity index is 386. The van der Waals surface area contributed by atoms with Crippen LogP contribution in [0.1, 0.15) is 55.4 Å². The molecule has 0 aromatic carbocycles. The molecule has 0 radical (unpaired) electrons. The summed E-state index contributed by atoms with van der Waals surface area (Å²) in [5.74, 6) is 0.00750. The maximum Gasteiger partial charge on any atom is 0.192 e. The van der Waals surface area contributed by atoms with Crippen molar-refractivity contribution in [2.45, 2.75) is 55.4 Å². The Balaban J connectivity index is -0.000000238. The van der Waals surface area contributed by atoms with E-state index < -0.39 is 0 Å². The van der Waals surface area contributed by atoms with E-state index in [0.717, 1.165) is 5.57 Å². The second kappa shape index (κ2) is 24.1. The monoisotopic (exact) mass is 304 g/mol. The molecule has 0 saturated heterocycles. The molecule has 126 valence electrons. The lowest BCUT2D eigenvalue weighted by Gasteiger charge is -2.01. The lowest BCUT2D eigenvalue weighted by atomic mass is 10.0. The summed E-state index contributed by atoms with van der Waals surface area (Å²) in [7, 11) is 0. The van der Waals surface area contributed by atoms with Crippen molar-refractivity contribution in [2.75, 3.05) is 0 Å². The molecule has 0 heterocycles. The van der Waals surface area contributed by atoms with Gasteiger partial charge in [-0.1, -0.05) is 76.3 Å². The minimum atomic E-state index is 0.00750. The number of carbonyl (C=O) groups is 1. The smallest absolute Gasteiger partial charge is 0.192 e. The van der Waals surface area contributed by atoms with Crippen LogP contribution in [0.4, 0.5) is 0 Å². The van der Waals surface area contributed by atoms with Crippen LogP contribution < -0.4 is 0 Å². The number of carbonyl (C=O) groups excluding carboxylic acids is 1. The normalized spacial score (nSPS) is 10.0. The van der Waals surface area contributed by atoms with E-state index in [-0.39, 0.29) is 5.78 Å². The highest BCUT2D eigenvalue weighted by Gasteiger charge is 2.08. The lowest BCUT2D eigenvalue weighted by molar-refractivity contribution is -0.111. The number of allylic oxidation sites excluding steroid dienone is 9. The Hall–Kier alpha value is -1.89. The number of Topliss-reactive ketones (excluding diaryl/α,β-unsaturated/α-hetero) is 1. The molecule has 0 N–H and O–H groups in total. The molecular formula is C21H36O. The first-order valence-electron chi connectivity index (χ1n) is 7.88. The molecule has 0 aromatic heterocycles. The Morgan fingerprint density at radius 2 is 1.32 bits per heavy atom. The van der Waals surface area contributed by atoms with Crippen molar-refractivity contribution < 1.29 is 4.79 Å². The summed E-state index contributed by atoms with van der Waals surface area (Å²) in [4.78, 5) is 12.0. The van der Waals surface area contributed by atoms with Crippen molar-refractivity contribution in [1.29, 1.82) is 0 Å². The molecular weight excluding hydrogens is 268 g/mol. The Kier molecular flexibility index (Phi) is 31.1. The fourth-order valence-corrected chi connectivity index (χ4v) is 1.14. The largest absolute Gasteiger partial charge is 0.289 e. The predicted octanol–water partition coefficient (Wildman–Crippen LogP) is 7.01. The zero-order valence-corrected chi connectivity index (χ0v) is 16.0. The van der Waals surface area contributed by atoms with Crippen molar-refractivity contribution >= 4 is 5.78 Å². The van der Waals surface area contributed by atoms with Crippen LogP contribution in [0.25, 0.3) is 0 Å². The van der Waals surface area contributed by atoms with E-state index in [1.165, 1.54) is 0 Å². The van der Waals surface area contributed by atoms with Gasteiger partial charge >= 0.3 is 0 Å². The molecule has 0 unspecified atom stereocenters. The van der Waals surface area contributed by atoms with E-state index in [1.807, 2.05) is 79.7 Å². The summed E-state index contributed by atoms with van der Waals surface area (Å²) >= 11 is 0. The Morgan fingerprint density at radius 1 is 0.864 bits per heavy atom. The van der Waals surface area contributed by atoms with Gasteiger partial charge in [-0.3, -0.25) is 4.79 Å². The summed E-state index contributed by atoms with van der Waals surface area (Å²) in [5, 5.41) is 0. The van der Waals surface area contributed by atoms with Crippen molar-refractivity contribution in [3.63, 3.8) is 0 Å². The first kappa shape index (κ1) is 28.3. The van der Waals surface area contributed by atoms with Crippen LogP contribution in [0.2, 0.25) is 0 Å². The second-order valence-corrected chi connectivity index (χ2v) is 3.64. The first-order valence-corrected chi connectivity index (χ1v) is 7.88. The minimum Gasteiger partial charge on any atom is -0.289 e. The lowest BCUT2D eigenvalue weighted by Crippen LogP contribution is -2.02. The van der Waals surface area contributed by atoms with Gasteiger partial charge in [0.2, 0.25) is 0 Å². The van der Waals surface area contributed by atoms with E-state index in [9.17, 15) is 4.79 Å². The first-order chi connectivity index (χ1) is 10.6. The third kappa shape index (κ3) is 16.2. The molecule has 0 atom stereocenters. The average Bonchev–Trinajstić information content (AvgIpc) is 2.58. The summed E-state index contributed by atoms with van der Waals surface area (Å²) in [6, 6.07) is 0. The number of rotatable bonds is 5. The van der Waals surface area contributed by atoms with Gasteiger partial charge in [-0.25, -0.2) is 0 Å². The van der Waals surface area contributed by atoms with Crippen molar-refractivity contribution in [3.05, 3.63) is 72.9 Å². The van der Waals surface area contributed by atoms with Crippen molar-refractivity contribution in [3.8, 4) is 0 Å². The third-order valence-corrected chi connectivity index (χ3v) is 2.00. The van der Waals surface area contributed by atoms with Crippen molar-refractivity contribution in [2.24, 2.45) is 0 Å². The molecule has 0 fully saturated rings. The van der Waals surface area contributed by atoms with Gasteiger partial charge < -0.3 is 0 Å². The Morgan fingerprint density at radius 3 is 1.59 bits per heavy atom. The highest BCUT2D eigenvalue weighted by atomic mass is 16.1. The maximum absolute atomic E-state index is 12.0. The average molecular weight is 305 g/mol.